The van der Waals surface area contributed by atoms with E-state index in [1.165, 1.54) is 11.3 Å². The third-order valence-electron chi connectivity index (χ3n) is 6.56. The Morgan fingerprint density at radius 3 is 2.49 bits per heavy atom. The van der Waals surface area contributed by atoms with Crippen molar-refractivity contribution < 1.29 is 19.0 Å². The first-order valence-corrected chi connectivity index (χ1v) is 14.0. The van der Waals surface area contributed by atoms with Crippen molar-refractivity contribution >= 4 is 29.0 Å². The topological polar surface area (TPSA) is 91.2 Å². The van der Waals surface area contributed by atoms with Gasteiger partial charge in [-0.1, -0.05) is 47.7 Å². The van der Waals surface area contributed by atoms with Gasteiger partial charge in [-0.2, -0.15) is 0 Å². The summed E-state index contributed by atoms with van der Waals surface area (Å²) in [6.45, 7) is 5.69. The van der Waals surface area contributed by atoms with E-state index >= 15 is 0 Å². The quantitative estimate of drug-likeness (QED) is 0.333. The number of thiazole rings is 1. The normalized spacial score (nSPS) is 14.9. The molecule has 1 aromatic heterocycles. The Bertz CT molecular complexity index is 1800. The number of anilines is 1. The van der Waals surface area contributed by atoms with Gasteiger partial charge in [-0.15, -0.1) is 0 Å². The number of aromatic nitrogens is 1. The number of allylic oxidation sites excluding steroid dienone is 1. The summed E-state index contributed by atoms with van der Waals surface area (Å²) in [5.41, 5.74) is 2.84. The molecule has 4 aromatic rings. The Morgan fingerprint density at radius 1 is 1.00 bits per heavy atom. The van der Waals surface area contributed by atoms with Crippen LogP contribution in [-0.4, -0.2) is 30.8 Å². The molecule has 3 aromatic carbocycles. The summed E-state index contributed by atoms with van der Waals surface area (Å²) < 4.78 is 18.9. The number of methoxy groups -OCH3 is 2. The SMILES string of the molecule is COc1cccc([C@@H]2C(C(=O)Nc3ccccc3)=C(C)N=c3s/c(=C\c4ccc(OC(C)C)c(OC)c4)c(=O)n32)c1. The van der Waals surface area contributed by atoms with Gasteiger partial charge >= 0.3 is 0 Å². The number of para-hydroxylation sites is 1. The molecule has 210 valence electrons. The summed E-state index contributed by atoms with van der Waals surface area (Å²) in [5.74, 6) is 1.50. The number of nitrogens with zero attached hydrogens (tertiary/aromatic N) is 2. The first-order valence-electron chi connectivity index (χ1n) is 13.2. The van der Waals surface area contributed by atoms with Crippen molar-refractivity contribution in [3.63, 3.8) is 0 Å². The lowest BCUT2D eigenvalue weighted by molar-refractivity contribution is -0.113. The minimum atomic E-state index is -0.705. The minimum absolute atomic E-state index is 0.00780. The van der Waals surface area contributed by atoms with Gasteiger partial charge in [0.2, 0.25) is 0 Å². The fourth-order valence-corrected chi connectivity index (χ4v) is 5.78. The lowest BCUT2D eigenvalue weighted by Gasteiger charge is -2.25. The molecule has 41 heavy (non-hydrogen) atoms. The van der Waals surface area contributed by atoms with Gasteiger partial charge in [0.05, 0.1) is 42.2 Å². The average molecular weight is 570 g/mol. The summed E-state index contributed by atoms with van der Waals surface area (Å²) >= 11 is 1.27. The highest BCUT2D eigenvalue weighted by molar-refractivity contribution is 7.07. The lowest BCUT2D eigenvalue weighted by Crippen LogP contribution is -2.40. The molecular weight excluding hydrogens is 538 g/mol. The maximum atomic E-state index is 14.0. The molecule has 0 radical (unpaired) electrons. The number of rotatable bonds is 8. The van der Waals surface area contributed by atoms with E-state index < -0.39 is 6.04 Å². The molecule has 1 aliphatic heterocycles. The van der Waals surface area contributed by atoms with Crippen molar-refractivity contribution in [2.24, 2.45) is 4.99 Å². The highest BCUT2D eigenvalue weighted by Gasteiger charge is 2.32. The van der Waals surface area contributed by atoms with E-state index in [4.69, 9.17) is 19.2 Å². The molecule has 0 spiro atoms. The second-order valence-corrected chi connectivity index (χ2v) is 10.8. The van der Waals surface area contributed by atoms with Crippen molar-refractivity contribution in [2.75, 3.05) is 19.5 Å². The summed E-state index contributed by atoms with van der Waals surface area (Å²) in [6, 6.07) is 21.4. The summed E-state index contributed by atoms with van der Waals surface area (Å²) in [5, 5.41) is 2.97. The van der Waals surface area contributed by atoms with Crippen LogP contribution < -0.4 is 34.4 Å². The molecule has 1 amide bonds. The molecule has 1 N–H and O–H groups in total. The molecule has 0 bridgehead atoms. The van der Waals surface area contributed by atoms with Crippen LogP contribution in [0.3, 0.4) is 0 Å². The van der Waals surface area contributed by atoms with Crippen LogP contribution in [0, 0.1) is 0 Å². The molecule has 0 saturated carbocycles. The van der Waals surface area contributed by atoms with Gasteiger partial charge < -0.3 is 19.5 Å². The summed E-state index contributed by atoms with van der Waals surface area (Å²) in [7, 11) is 3.17. The number of carbonyl (C=O) groups is 1. The lowest BCUT2D eigenvalue weighted by atomic mass is 9.95. The third kappa shape index (κ3) is 5.81. The van der Waals surface area contributed by atoms with Crippen LogP contribution in [0.5, 0.6) is 17.2 Å². The Kier molecular flexibility index (Phi) is 8.07. The fraction of sp³-hybridized carbons (Fsp3) is 0.219. The van der Waals surface area contributed by atoms with Crippen LogP contribution in [0.25, 0.3) is 6.08 Å². The number of carbonyl (C=O) groups excluding carboxylic acids is 1. The second-order valence-electron chi connectivity index (χ2n) is 9.76. The number of nitrogens with one attached hydrogen (secondary N) is 1. The van der Waals surface area contributed by atoms with Crippen molar-refractivity contribution in [3.8, 4) is 17.2 Å². The van der Waals surface area contributed by atoms with E-state index in [0.29, 0.717) is 43.5 Å². The Hall–Kier alpha value is -4.63. The van der Waals surface area contributed by atoms with Gasteiger partial charge in [0.15, 0.2) is 16.3 Å². The minimum Gasteiger partial charge on any atom is -0.497 e. The number of hydrogen-bond donors (Lipinski definition) is 1. The highest BCUT2D eigenvalue weighted by Crippen LogP contribution is 2.33. The largest absolute Gasteiger partial charge is 0.497 e. The Labute approximate surface area is 241 Å². The maximum absolute atomic E-state index is 14.0. The molecule has 0 unspecified atom stereocenters. The van der Waals surface area contributed by atoms with Crippen LogP contribution in [0.1, 0.15) is 37.9 Å². The van der Waals surface area contributed by atoms with Crippen molar-refractivity contribution in [1.82, 2.24) is 4.57 Å². The van der Waals surface area contributed by atoms with Gasteiger partial charge in [-0.25, -0.2) is 4.99 Å². The number of benzene rings is 3. The predicted molar refractivity (Wildman–Crippen MR) is 161 cm³/mol. The van der Waals surface area contributed by atoms with Gasteiger partial charge in [0.25, 0.3) is 11.5 Å². The summed E-state index contributed by atoms with van der Waals surface area (Å²) in [6.07, 6.45) is 1.79. The van der Waals surface area contributed by atoms with Crippen LogP contribution in [0.15, 0.2) is 93.9 Å². The van der Waals surface area contributed by atoms with Gasteiger partial charge in [0, 0.05) is 5.69 Å². The fourth-order valence-electron chi connectivity index (χ4n) is 4.74. The van der Waals surface area contributed by atoms with E-state index in [0.717, 1.165) is 11.1 Å². The monoisotopic (exact) mass is 569 g/mol. The zero-order valence-electron chi connectivity index (χ0n) is 23.5. The summed E-state index contributed by atoms with van der Waals surface area (Å²) in [4.78, 5) is 32.9. The molecule has 1 atom stereocenters. The number of amides is 1. The maximum Gasteiger partial charge on any atom is 0.271 e. The standard InChI is InChI=1S/C32H31N3O5S/c1-19(2)40-25-15-14-21(16-26(25)39-5)17-27-31(37)35-29(22-10-9-13-24(18-22)38-4)28(20(3)33-32(35)41-27)30(36)34-23-11-7-6-8-12-23/h6-19,29H,1-5H3,(H,34,36)/b27-17-/t29-/m1/s1. The van der Waals surface area contributed by atoms with Crippen LogP contribution in [0.4, 0.5) is 5.69 Å². The van der Waals surface area contributed by atoms with E-state index in [1.807, 2.05) is 86.6 Å². The zero-order valence-corrected chi connectivity index (χ0v) is 24.3. The van der Waals surface area contributed by atoms with Crippen LogP contribution in [-0.2, 0) is 4.79 Å². The molecule has 2 heterocycles. The zero-order chi connectivity index (χ0) is 29.1. The van der Waals surface area contributed by atoms with E-state index in [-0.39, 0.29) is 17.6 Å². The number of fused-ring (bicyclic) bond motifs is 1. The molecular formula is C32H31N3O5S. The van der Waals surface area contributed by atoms with E-state index in [1.54, 1.807) is 31.8 Å². The average Bonchev–Trinajstić information content (AvgIpc) is 3.27. The van der Waals surface area contributed by atoms with Crippen LogP contribution in [0.2, 0.25) is 0 Å². The molecule has 0 saturated heterocycles. The van der Waals surface area contributed by atoms with Crippen molar-refractivity contribution in [2.45, 2.75) is 32.9 Å². The van der Waals surface area contributed by atoms with Gasteiger partial charge in [-0.3, -0.25) is 14.2 Å². The number of ether oxygens (including phenoxy) is 3. The third-order valence-corrected chi connectivity index (χ3v) is 7.54. The predicted octanol–water partition coefficient (Wildman–Crippen LogP) is 4.68. The Balaban J connectivity index is 1.64. The molecule has 9 heteroatoms. The Morgan fingerprint density at radius 2 is 1.78 bits per heavy atom. The van der Waals surface area contributed by atoms with Crippen molar-refractivity contribution in [3.05, 3.63) is 115 Å². The molecule has 0 aliphatic carbocycles. The molecule has 8 nitrogen and oxygen atoms in total. The molecule has 5 rings (SSSR count). The second kappa shape index (κ2) is 11.9. The highest BCUT2D eigenvalue weighted by atomic mass is 32.1. The van der Waals surface area contributed by atoms with E-state index in [2.05, 4.69) is 5.32 Å². The first-order chi connectivity index (χ1) is 19.8. The van der Waals surface area contributed by atoms with E-state index in [9.17, 15) is 9.59 Å². The van der Waals surface area contributed by atoms with Gasteiger partial charge in [0.1, 0.15) is 5.75 Å². The number of hydrogen-bond acceptors (Lipinski definition) is 7. The molecule has 0 fully saturated rings. The van der Waals surface area contributed by atoms with Crippen molar-refractivity contribution in [1.29, 1.82) is 0 Å². The first kappa shape index (κ1) is 27.9. The molecule has 1 aliphatic rings. The van der Waals surface area contributed by atoms with Crippen LogP contribution >= 0.6 is 11.3 Å². The smallest absolute Gasteiger partial charge is 0.271 e. The van der Waals surface area contributed by atoms with Gasteiger partial charge in [-0.05, 0) is 74.4 Å².